The molecule has 0 bridgehead atoms. The fourth-order valence-electron chi connectivity index (χ4n) is 2.40. The highest BCUT2D eigenvalue weighted by atomic mass is 16.6. The van der Waals surface area contributed by atoms with E-state index in [2.05, 4.69) is 15.2 Å². The fourth-order valence-corrected chi connectivity index (χ4v) is 2.40. The van der Waals surface area contributed by atoms with E-state index >= 15 is 0 Å². The lowest BCUT2D eigenvalue weighted by Crippen LogP contribution is -2.57. The van der Waals surface area contributed by atoms with Crippen molar-refractivity contribution < 1.29 is 9.66 Å². The van der Waals surface area contributed by atoms with Gasteiger partial charge in [0.25, 0.3) is 5.69 Å². The van der Waals surface area contributed by atoms with E-state index in [9.17, 15) is 10.1 Å². The van der Waals surface area contributed by atoms with Crippen molar-refractivity contribution in [2.24, 2.45) is 10.7 Å². The van der Waals surface area contributed by atoms with Gasteiger partial charge in [0.2, 0.25) is 0 Å². The van der Waals surface area contributed by atoms with Crippen LogP contribution in [0.15, 0.2) is 17.1 Å². The molecule has 0 radical (unpaired) electrons. The number of hydrogen-bond acceptors (Lipinski definition) is 6. The van der Waals surface area contributed by atoms with Crippen LogP contribution in [0.4, 0.5) is 17.1 Å². The zero-order chi connectivity index (χ0) is 17.1. The number of nitrogens with zero attached hydrogens (tertiary/aromatic N) is 4. The molecule has 126 valence electrons. The summed E-state index contributed by atoms with van der Waals surface area (Å²) in [6.07, 6.45) is 0. The van der Waals surface area contributed by atoms with Crippen molar-refractivity contribution in [1.29, 1.82) is 0 Å². The van der Waals surface area contributed by atoms with Gasteiger partial charge in [-0.05, 0) is 14.1 Å². The van der Waals surface area contributed by atoms with E-state index in [-0.39, 0.29) is 11.6 Å². The highest BCUT2D eigenvalue weighted by molar-refractivity contribution is 5.95. The Morgan fingerprint density at radius 1 is 1.52 bits per heavy atom. The van der Waals surface area contributed by atoms with Crippen LogP contribution in [-0.4, -0.2) is 63.2 Å². The van der Waals surface area contributed by atoms with Crippen LogP contribution in [0.2, 0.25) is 0 Å². The maximum Gasteiger partial charge on any atom is 0.294 e. The van der Waals surface area contributed by atoms with E-state index in [1.54, 1.807) is 6.07 Å². The predicted octanol–water partition coefficient (Wildman–Crippen LogP) is 0.710. The van der Waals surface area contributed by atoms with Crippen molar-refractivity contribution in [1.82, 2.24) is 4.90 Å². The summed E-state index contributed by atoms with van der Waals surface area (Å²) in [5, 5.41) is 14.2. The van der Waals surface area contributed by atoms with Crippen LogP contribution in [0.1, 0.15) is 0 Å². The summed E-state index contributed by atoms with van der Waals surface area (Å²) in [5.41, 5.74) is 6.60. The molecule has 1 heterocycles. The number of nitro benzene ring substituents is 1. The number of methoxy groups -OCH3 is 1. The van der Waals surface area contributed by atoms with E-state index in [1.807, 2.05) is 19.0 Å². The number of nitrogens with one attached hydrogen (secondary N) is 1. The van der Waals surface area contributed by atoms with Crippen molar-refractivity contribution in [3.63, 3.8) is 0 Å². The minimum atomic E-state index is -0.401. The lowest BCUT2D eigenvalue weighted by molar-refractivity contribution is -0.384. The Labute approximate surface area is 134 Å². The third-order valence-electron chi connectivity index (χ3n) is 3.93. The lowest BCUT2D eigenvalue weighted by atomic mass is 10.1. The van der Waals surface area contributed by atoms with Crippen LogP contribution >= 0.6 is 0 Å². The first-order chi connectivity index (χ1) is 10.9. The van der Waals surface area contributed by atoms with Gasteiger partial charge in [-0.15, -0.1) is 0 Å². The topological polar surface area (TPSA) is 109 Å². The van der Waals surface area contributed by atoms with Crippen LogP contribution in [0.3, 0.4) is 0 Å². The van der Waals surface area contributed by atoms with Gasteiger partial charge in [0.15, 0.2) is 5.96 Å². The number of nitrogens with two attached hydrogens (primary N) is 1. The largest absolute Gasteiger partial charge is 0.494 e. The molecule has 0 unspecified atom stereocenters. The van der Waals surface area contributed by atoms with E-state index in [1.165, 1.54) is 20.2 Å². The highest BCUT2D eigenvalue weighted by Crippen LogP contribution is 2.40. The molecule has 1 aromatic carbocycles. The first kappa shape index (κ1) is 16.8. The summed E-state index contributed by atoms with van der Waals surface area (Å²) >= 11 is 0. The molecule has 23 heavy (non-hydrogen) atoms. The third-order valence-corrected chi connectivity index (χ3v) is 3.93. The van der Waals surface area contributed by atoms with Gasteiger partial charge in [-0.1, -0.05) is 0 Å². The average molecular weight is 322 g/mol. The standard InChI is InChI=1S/C14H22N6O3/c1-16-14(15)17-10-5-12(20(21)22)11(6-13(10)23-4)19-7-9(8-19)18(2)3/h5-6,9H,7-8H2,1-4H3,(H3,15,16,17). The molecule has 0 saturated carbocycles. The highest BCUT2D eigenvalue weighted by Gasteiger charge is 2.33. The molecule has 3 N–H and O–H groups in total. The summed E-state index contributed by atoms with van der Waals surface area (Å²) in [5.74, 6) is 0.632. The number of anilines is 2. The Morgan fingerprint density at radius 2 is 2.17 bits per heavy atom. The first-order valence-corrected chi connectivity index (χ1v) is 7.14. The van der Waals surface area contributed by atoms with Gasteiger partial charge in [-0.25, -0.2) is 0 Å². The molecule has 1 aliphatic heterocycles. The monoisotopic (exact) mass is 322 g/mol. The van der Waals surface area contributed by atoms with Gasteiger partial charge >= 0.3 is 0 Å². The normalized spacial score (nSPS) is 15.5. The summed E-state index contributed by atoms with van der Waals surface area (Å²) in [6.45, 7) is 1.48. The lowest BCUT2D eigenvalue weighted by Gasteiger charge is -2.44. The van der Waals surface area contributed by atoms with Gasteiger partial charge in [-0.3, -0.25) is 15.1 Å². The Balaban J connectivity index is 2.37. The van der Waals surface area contributed by atoms with Crippen LogP contribution in [0.5, 0.6) is 5.75 Å². The van der Waals surface area contributed by atoms with Crippen molar-refractivity contribution >= 4 is 23.0 Å². The molecule has 1 aromatic rings. The molecule has 1 saturated heterocycles. The molecule has 2 rings (SSSR count). The molecule has 0 aliphatic carbocycles. The number of aliphatic imine (C=N–C) groups is 1. The van der Waals surface area contributed by atoms with Gasteiger partial charge in [0.05, 0.1) is 17.7 Å². The second-order valence-electron chi connectivity index (χ2n) is 5.55. The molecule has 9 heteroatoms. The zero-order valence-corrected chi connectivity index (χ0v) is 13.7. The number of guanidine groups is 1. The van der Waals surface area contributed by atoms with Gasteiger partial charge < -0.3 is 25.6 Å². The molecule has 1 aliphatic rings. The van der Waals surface area contributed by atoms with Crippen LogP contribution in [0, 0.1) is 10.1 Å². The molecular formula is C14H22N6O3. The SMILES string of the molecule is CN=C(N)Nc1cc([N+](=O)[O-])c(N2CC(N(C)C)C2)cc1OC. The zero-order valence-electron chi connectivity index (χ0n) is 13.7. The summed E-state index contributed by atoms with van der Waals surface area (Å²) in [4.78, 5) is 18.9. The quantitative estimate of drug-likeness (QED) is 0.355. The predicted molar refractivity (Wildman–Crippen MR) is 90.5 cm³/mol. The van der Waals surface area contributed by atoms with Crippen LogP contribution < -0.4 is 20.7 Å². The van der Waals surface area contributed by atoms with Gasteiger partial charge in [0.1, 0.15) is 11.4 Å². The number of likely N-dealkylation sites (N-methyl/N-ethyl adjacent to an activating group) is 1. The third kappa shape index (κ3) is 3.45. The summed E-state index contributed by atoms with van der Waals surface area (Å²) < 4.78 is 5.33. The van der Waals surface area contributed by atoms with E-state index in [0.29, 0.717) is 23.2 Å². The van der Waals surface area contributed by atoms with E-state index in [0.717, 1.165) is 13.1 Å². The number of rotatable bonds is 5. The summed E-state index contributed by atoms with van der Waals surface area (Å²) in [6, 6.07) is 3.48. The molecule has 0 aromatic heterocycles. The van der Waals surface area contributed by atoms with Crippen molar-refractivity contribution in [3.8, 4) is 5.75 Å². The molecule has 0 amide bonds. The molecule has 0 spiro atoms. The summed E-state index contributed by atoms with van der Waals surface area (Å²) in [7, 11) is 7.03. The second-order valence-corrected chi connectivity index (χ2v) is 5.55. The Bertz CT molecular complexity index is 625. The van der Waals surface area contributed by atoms with Crippen LogP contribution in [0.25, 0.3) is 0 Å². The Hall–Kier alpha value is -2.55. The minimum absolute atomic E-state index is 0.00871. The number of hydrogen-bond donors (Lipinski definition) is 2. The van der Waals surface area contributed by atoms with Gasteiger partial charge in [0, 0.05) is 38.3 Å². The molecule has 1 fully saturated rings. The average Bonchev–Trinajstić information content (AvgIpc) is 2.45. The minimum Gasteiger partial charge on any atom is -0.494 e. The van der Waals surface area contributed by atoms with E-state index in [4.69, 9.17) is 10.5 Å². The van der Waals surface area contributed by atoms with Gasteiger partial charge in [-0.2, -0.15) is 0 Å². The maximum absolute atomic E-state index is 11.4. The first-order valence-electron chi connectivity index (χ1n) is 7.14. The fraction of sp³-hybridized carbons (Fsp3) is 0.500. The number of nitro groups is 1. The second kappa shape index (κ2) is 6.69. The number of benzene rings is 1. The Kier molecular flexibility index (Phi) is 4.89. The van der Waals surface area contributed by atoms with Crippen molar-refractivity contribution in [3.05, 3.63) is 22.2 Å². The Morgan fingerprint density at radius 3 is 2.65 bits per heavy atom. The number of ether oxygens (including phenoxy) is 1. The molecule has 0 atom stereocenters. The van der Waals surface area contributed by atoms with E-state index < -0.39 is 4.92 Å². The van der Waals surface area contributed by atoms with Crippen molar-refractivity contribution in [2.45, 2.75) is 6.04 Å². The molecule has 9 nitrogen and oxygen atoms in total. The molecular weight excluding hydrogens is 300 g/mol. The maximum atomic E-state index is 11.4. The van der Waals surface area contributed by atoms with Crippen LogP contribution in [-0.2, 0) is 0 Å². The van der Waals surface area contributed by atoms with Crippen molar-refractivity contribution in [2.75, 3.05) is 51.6 Å². The smallest absolute Gasteiger partial charge is 0.294 e.